The lowest BCUT2D eigenvalue weighted by molar-refractivity contribution is 0.595. The monoisotopic (exact) mass is 279 g/mol. The first kappa shape index (κ1) is 12.8. The highest BCUT2D eigenvalue weighted by molar-refractivity contribution is 7.15. The Kier molecular flexibility index (Phi) is 3.37. The van der Waals surface area contributed by atoms with E-state index in [9.17, 15) is 8.78 Å². The molecule has 3 rings (SSSR count). The number of rotatable bonds is 4. The van der Waals surface area contributed by atoms with Gasteiger partial charge in [-0.1, -0.05) is 0 Å². The van der Waals surface area contributed by atoms with E-state index in [0.29, 0.717) is 17.2 Å². The standard InChI is InChI=1S/C15H15F2NS/c1-9-6-14(17)12(7-13(9)16)15-5-4-11(19-15)8-18-10-2-3-10/h4-7,10,18H,2-3,8H2,1H3. The Labute approximate surface area is 115 Å². The normalized spacial score (nSPS) is 14.9. The average Bonchev–Trinajstić information content (AvgIpc) is 3.09. The predicted octanol–water partition coefficient (Wildman–Crippen LogP) is 4.25. The molecule has 1 aromatic carbocycles. The molecule has 0 bridgehead atoms. The maximum absolute atomic E-state index is 13.9. The Morgan fingerprint density at radius 3 is 2.74 bits per heavy atom. The van der Waals surface area contributed by atoms with Crippen molar-refractivity contribution in [2.45, 2.75) is 32.4 Å². The molecule has 0 saturated heterocycles. The smallest absolute Gasteiger partial charge is 0.132 e. The zero-order valence-electron chi connectivity index (χ0n) is 10.7. The van der Waals surface area contributed by atoms with Gasteiger partial charge in [-0.15, -0.1) is 11.3 Å². The molecule has 100 valence electrons. The summed E-state index contributed by atoms with van der Waals surface area (Å²) in [5, 5.41) is 3.42. The summed E-state index contributed by atoms with van der Waals surface area (Å²) in [7, 11) is 0. The highest BCUT2D eigenvalue weighted by Gasteiger charge is 2.20. The van der Waals surface area contributed by atoms with E-state index in [-0.39, 0.29) is 11.6 Å². The minimum Gasteiger partial charge on any atom is -0.309 e. The summed E-state index contributed by atoms with van der Waals surface area (Å²) >= 11 is 1.52. The van der Waals surface area contributed by atoms with Crippen molar-refractivity contribution >= 4 is 11.3 Å². The quantitative estimate of drug-likeness (QED) is 0.882. The molecule has 1 heterocycles. The van der Waals surface area contributed by atoms with Crippen molar-refractivity contribution < 1.29 is 8.78 Å². The molecule has 1 aromatic heterocycles. The Balaban J connectivity index is 1.83. The van der Waals surface area contributed by atoms with Crippen molar-refractivity contribution in [1.82, 2.24) is 5.32 Å². The lowest BCUT2D eigenvalue weighted by Crippen LogP contribution is -2.14. The Morgan fingerprint density at radius 2 is 2.00 bits per heavy atom. The lowest BCUT2D eigenvalue weighted by atomic mass is 10.1. The SMILES string of the molecule is Cc1cc(F)c(-c2ccc(CNC3CC3)s2)cc1F. The summed E-state index contributed by atoms with van der Waals surface area (Å²) in [5.41, 5.74) is 0.694. The summed E-state index contributed by atoms with van der Waals surface area (Å²) in [6.07, 6.45) is 2.49. The van der Waals surface area contributed by atoms with Gasteiger partial charge in [0.2, 0.25) is 0 Å². The molecule has 1 nitrogen and oxygen atoms in total. The van der Waals surface area contributed by atoms with Gasteiger partial charge < -0.3 is 5.32 Å². The van der Waals surface area contributed by atoms with Crippen LogP contribution in [-0.4, -0.2) is 6.04 Å². The van der Waals surface area contributed by atoms with Gasteiger partial charge in [0, 0.05) is 27.9 Å². The number of thiophene rings is 1. The first-order chi connectivity index (χ1) is 9.13. The highest BCUT2D eigenvalue weighted by Crippen LogP contribution is 2.32. The number of nitrogens with one attached hydrogen (secondary N) is 1. The van der Waals surface area contributed by atoms with E-state index in [1.807, 2.05) is 12.1 Å². The van der Waals surface area contributed by atoms with Gasteiger partial charge in [-0.25, -0.2) is 8.78 Å². The third-order valence-electron chi connectivity index (χ3n) is 3.32. The minimum atomic E-state index is -0.359. The van der Waals surface area contributed by atoms with Crippen molar-refractivity contribution in [3.8, 4) is 10.4 Å². The van der Waals surface area contributed by atoms with Gasteiger partial charge in [-0.05, 0) is 49.6 Å². The Morgan fingerprint density at radius 1 is 1.21 bits per heavy atom. The molecule has 1 aliphatic rings. The number of hydrogen-bond donors (Lipinski definition) is 1. The predicted molar refractivity (Wildman–Crippen MR) is 74.3 cm³/mol. The zero-order chi connectivity index (χ0) is 13.4. The number of halogens is 2. The summed E-state index contributed by atoms with van der Waals surface area (Å²) in [6, 6.07) is 7.04. The molecule has 4 heteroatoms. The van der Waals surface area contributed by atoms with Gasteiger partial charge in [0.05, 0.1) is 0 Å². The van der Waals surface area contributed by atoms with Crippen molar-refractivity contribution in [2.75, 3.05) is 0 Å². The molecule has 2 aromatic rings. The van der Waals surface area contributed by atoms with Crippen molar-refractivity contribution in [1.29, 1.82) is 0 Å². The van der Waals surface area contributed by atoms with Crippen LogP contribution in [0, 0.1) is 18.6 Å². The van der Waals surface area contributed by atoms with Gasteiger partial charge in [-0.2, -0.15) is 0 Å². The van der Waals surface area contributed by atoms with Crippen LogP contribution in [0.3, 0.4) is 0 Å². The maximum atomic E-state index is 13.9. The fraction of sp³-hybridized carbons (Fsp3) is 0.333. The van der Waals surface area contributed by atoms with Crippen LogP contribution < -0.4 is 5.32 Å². The number of aryl methyl sites for hydroxylation is 1. The molecule has 1 saturated carbocycles. The van der Waals surface area contributed by atoms with Gasteiger partial charge in [-0.3, -0.25) is 0 Å². The van der Waals surface area contributed by atoms with Crippen molar-refractivity contribution in [3.05, 3.63) is 46.3 Å². The number of hydrogen-bond acceptors (Lipinski definition) is 2. The van der Waals surface area contributed by atoms with Crippen LogP contribution in [-0.2, 0) is 6.54 Å². The molecule has 0 aliphatic heterocycles. The zero-order valence-corrected chi connectivity index (χ0v) is 11.5. The van der Waals surface area contributed by atoms with Crippen molar-refractivity contribution in [3.63, 3.8) is 0 Å². The summed E-state index contributed by atoms with van der Waals surface area (Å²) in [4.78, 5) is 1.94. The van der Waals surface area contributed by atoms with E-state index >= 15 is 0 Å². The molecular formula is C15H15F2NS. The molecule has 0 atom stereocenters. The third kappa shape index (κ3) is 2.85. The van der Waals surface area contributed by atoms with Gasteiger partial charge >= 0.3 is 0 Å². The molecule has 1 aliphatic carbocycles. The number of benzene rings is 1. The first-order valence-electron chi connectivity index (χ1n) is 6.41. The van der Waals surface area contributed by atoms with Crippen LogP contribution in [0.25, 0.3) is 10.4 Å². The second kappa shape index (κ2) is 5.02. The largest absolute Gasteiger partial charge is 0.309 e. The lowest BCUT2D eigenvalue weighted by Gasteiger charge is -2.03. The van der Waals surface area contributed by atoms with E-state index in [0.717, 1.165) is 16.3 Å². The van der Waals surface area contributed by atoms with E-state index < -0.39 is 0 Å². The van der Waals surface area contributed by atoms with Crippen LogP contribution >= 0.6 is 11.3 Å². The van der Waals surface area contributed by atoms with Crippen LogP contribution in [0.2, 0.25) is 0 Å². The topological polar surface area (TPSA) is 12.0 Å². The maximum Gasteiger partial charge on any atom is 0.132 e. The van der Waals surface area contributed by atoms with Gasteiger partial charge in [0.15, 0.2) is 0 Å². The van der Waals surface area contributed by atoms with Crippen LogP contribution in [0.4, 0.5) is 8.78 Å². The second-order valence-electron chi connectivity index (χ2n) is 5.00. The molecule has 0 amide bonds. The second-order valence-corrected chi connectivity index (χ2v) is 6.17. The first-order valence-corrected chi connectivity index (χ1v) is 7.23. The van der Waals surface area contributed by atoms with Crippen molar-refractivity contribution in [2.24, 2.45) is 0 Å². The summed E-state index contributed by atoms with van der Waals surface area (Å²) in [5.74, 6) is -0.718. The molecule has 0 unspecified atom stereocenters. The van der Waals surface area contributed by atoms with E-state index in [1.165, 1.54) is 36.3 Å². The molecule has 0 radical (unpaired) electrons. The van der Waals surface area contributed by atoms with E-state index in [4.69, 9.17) is 0 Å². The fourth-order valence-electron chi connectivity index (χ4n) is 1.99. The Hall–Kier alpha value is -1.26. The molecule has 1 N–H and O–H groups in total. The summed E-state index contributed by atoms with van der Waals surface area (Å²) < 4.78 is 27.4. The van der Waals surface area contributed by atoms with E-state index in [1.54, 1.807) is 6.92 Å². The Bertz CT molecular complexity index is 602. The summed E-state index contributed by atoms with van der Waals surface area (Å²) in [6.45, 7) is 2.38. The third-order valence-corrected chi connectivity index (χ3v) is 4.44. The van der Waals surface area contributed by atoms with Crippen LogP contribution in [0.15, 0.2) is 24.3 Å². The molecule has 0 spiro atoms. The van der Waals surface area contributed by atoms with Crippen LogP contribution in [0.5, 0.6) is 0 Å². The molecular weight excluding hydrogens is 264 g/mol. The van der Waals surface area contributed by atoms with E-state index in [2.05, 4.69) is 5.32 Å². The van der Waals surface area contributed by atoms with Crippen LogP contribution in [0.1, 0.15) is 23.3 Å². The molecule has 19 heavy (non-hydrogen) atoms. The van der Waals surface area contributed by atoms with Gasteiger partial charge in [0.25, 0.3) is 0 Å². The highest BCUT2D eigenvalue weighted by atomic mass is 32.1. The molecule has 1 fully saturated rings. The van der Waals surface area contributed by atoms with Gasteiger partial charge in [0.1, 0.15) is 11.6 Å². The minimum absolute atomic E-state index is 0.341. The fourth-order valence-corrected chi connectivity index (χ4v) is 2.96. The average molecular weight is 279 g/mol.